The summed E-state index contributed by atoms with van der Waals surface area (Å²) in [6, 6.07) is 4.47. The summed E-state index contributed by atoms with van der Waals surface area (Å²) in [6.07, 6.45) is 2.09. The topological polar surface area (TPSA) is 51.0 Å². The molecule has 1 atom stereocenters. The first-order valence-corrected chi connectivity index (χ1v) is 6.62. The third-order valence-electron chi connectivity index (χ3n) is 3.28. The van der Waals surface area contributed by atoms with Gasteiger partial charge in [0.15, 0.2) is 5.82 Å². The Kier molecular flexibility index (Phi) is 3.48. The molecule has 1 aromatic heterocycles. The molecule has 2 heterocycles. The molecule has 1 aliphatic heterocycles. The van der Waals surface area contributed by atoms with Crippen LogP contribution < -0.4 is 5.32 Å². The Morgan fingerprint density at radius 2 is 2.32 bits per heavy atom. The third-order valence-corrected chi connectivity index (χ3v) is 3.60. The van der Waals surface area contributed by atoms with E-state index in [4.69, 9.17) is 16.1 Å². The molecule has 0 amide bonds. The highest BCUT2D eigenvalue weighted by atomic mass is 35.5. The molecule has 1 N–H and O–H groups in total. The van der Waals surface area contributed by atoms with E-state index in [2.05, 4.69) is 15.5 Å². The zero-order chi connectivity index (χ0) is 13.2. The summed E-state index contributed by atoms with van der Waals surface area (Å²) in [4.78, 5) is 4.28. The minimum Gasteiger partial charge on any atom is -0.334 e. The van der Waals surface area contributed by atoms with Crippen LogP contribution in [0.2, 0.25) is 5.02 Å². The fourth-order valence-electron chi connectivity index (χ4n) is 2.28. The standard InChI is InChI=1S/C13H13ClFN3O/c14-9-4-1-5-10(15)11(9)13-17-12(18-19-13)8-3-2-6-16-7-8/h1,4-5,8,16H,2-3,6-7H2. The second-order valence-corrected chi connectivity index (χ2v) is 5.00. The predicted molar refractivity (Wildman–Crippen MR) is 69.5 cm³/mol. The second kappa shape index (κ2) is 5.27. The van der Waals surface area contributed by atoms with Crippen molar-refractivity contribution < 1.29 is 8.91 Å². The Morgan fingerprint density at radius 3 is 3.05 bits per heavy atom. The molecule has 4 nitrogen and oxygen atoms in total. The van der Waals surface area contributed by atoms with Crippen molar-refractivity contribution in [2.45, 2.75) is 18.8 Å². The van der Waals surface area contributed by atoms with Crippen molar-refractivity contribution in [2.75, 3.05) is 13.1 Å². The molecule has 3 rings (SSSR count). The number of nitrogens with one attached hydrogen (secondary N) is 1. The molecule has 1 aliphatic rings. The van der Waals surface area contributed by atoms with Crippen LogP contribution in [0.15, 0.2) is 22.7 Å². The monoisotopic (exact) mass is 281 g/mol. The van der Waals surface area contributed by atoms with Gasteiger partial charge in [0.25, 0.3) is 5.89 Å². The number of nitrogens with zero attached hydrogens (tertiary/aromatic N) is 2. The maximum absolute atomic E-state index is 13.8. The molecule has 19 heavy (non-hydrogen) atoms. The van der Waals surface area contributed by atoms with Gasteiger partial charge in [-0.25, -0.2) is 4.39 Å². The smallest absolute Gasteiger partial charge is 0.262 e. The Balaban J connectivity index is 1.92. The molecule has 1 aromatic carbocycles. The van der Waals surface area contributed by atoms with Crippen LogP contribution in [0.25, 0.3) is 11.5 Å². The molecule has 0 spiro atoms. The summed E-state index contributed by atoms with van der Waals surface area (Å²) < 4.78 is 18.9. The van der Waals surface area contributed by atoms with Crippen molar-refractivity contribution in [3.8, 4) is 11.5 Å². The van der Waals surface area contributed by atoms with Crippen molar-refractivity contribution >= 4 is 11.6 Å². The van der Waals surface area contributed by atoms with E-state index in [1.807, 2.05) is 0 Å². The number of hydrogen-bond acceptors (Lipinski definition) is 4. The van der Waals surface area contributed by atoms with E-state index >= 15 is 0 Å². The van der Waals surface area contributed by atoms with Gasteiger partial charge in [0.1, 0.15) is 5.82 Å². The number of piperidine rings is 1. The van der Waals surface area contributed by atoms with Gasteiger partial charge in [-0.1, -0.05) is 22.8 Å². The quantitative estimate of drug-likeness (QED) is 0.919. The highest BCUT2D eigenvalue weighted by Crippen LogP contribution is 2.30. The van der Waals surface area contributed by atoms with E-state index < -0.39 is 5.82 Å². The average molecular weight is 282 g/mol. The minimum atomic E-state index is -0.454. The lowest BCUT2D eigenvalue weighted by Gasteiger charge is -2.19. The van der Waals surface area contributed by atoms with E-state index in [9.17, 15) is 4.39 Å². The molecule has 0 saturated carbocycles. The first-order valence-electron chi connectivity index (χ1n) is 6.24. The number of halogens is 2. The molecule has 6 heteroatoms. The summed E-state index contributed by atoms with van der Waals surface area (Å²) in [7, 11) is 0. The SMILES string of the molecule is Fc1cccc(Cl)c1-c1nc(C2CCCNC2)no1. The van der Waals surface area contributed by atoms with Crippen LogP contribution in [-0.4, -0.2) is 23.2 Å². The van der Waals surface area contributed by atoms with E-state index in [1.165, 1.54) is 6.07 Å². The van der Waals surface area contributed by atoms with E-state index in [-0.39, 0.29) is 22.4 Å². The van der Waals surface area contributed by atoms with E-state index in [0.717, 1.165) is 25.9 Å². The summed E-state index contributed by atoms with van der Waals surface area (Å²) in [5.41, 5.74) is 0.173. The molecular formula is C13H13ClFN3O. The molecule has 2 aromatic rings. The van der Waals surface area contributed by atoms with Crippen LogP contribution >= 0.6 is 11.6 Å². The second-order valence-electron chi connectivity index (χ2n) is 4.60. The van der Waals surface area contributed by atoms with Gasteiger partial charge in [0.05, 0.1) is 10.6 Å². The number of benzene rings is 1. The molecule has 0 bridgehead atoms. The van der Waals surface area contributed by atoms with Gasteiger partial charge >= 0.3 is 0 Å². The highest BCUT2D eigenvalue weighted by molar-refractivity contribution is 6.33. The Morgan fingerprint density at radius 1 is 1.42 bits per heavy atom. The molecule has 1 saturated heterocycles. The molecular weight excluding hydrogens is 269 g/mol. The van der Waals surface area contributed by atoms with Crippen molar-refractivity contribution in [2.24, 2.45) is 0 Å². The van der Waals surface area contributed by atoms with Gasteiger partial charge in [0.2, 0.25) is 0 Å². The fourth-order valence-corrected chi connectivity index (χ4v) is 2.52. The van der Waals surface area contributed by atoms with Gasteiger partial charge in [-0.3, -0.25) is 0 Å². The van der Waals surface area contributed by atoms with Gasteiger partial charge in [-0.15, -0.1) is 0 Å². The van der Waals surface area contributed by atoms with Gasteiger partial charge in [-0.05, 0) is 31.5 Å². The molecule has 1 fully saturated rings. The zero-order valence-electron chi connectivity index (χ0n) is 10.2. The largest absolute Gasteiger partial charge is 0.334 e. The van der Waals surface area contributed by atoms with Crippen LogP contribution in [0.5, 0.6) is 0 Å². The predicted octanol–water partition coefficient (Wildman–Crippen LogP) is 3.00. The minimum absolute atomic E-state index is 0.142. The molecule has 100 valence electrons. The Labute approximate surface area is 115 Å². The van der Waals surface area contributed by atoms with Crippen molar-refractivity contribution in [3.05, 3.63) is 34.9 Å². The molecule has 0 radical (unpaired) electrons. The van der Waals surface area contributed by atoms with Crippen LogP contribution in [0.3, 0.4) is 0 Å². The summed E-state index contributed by atoms with van der Waals surface area (Å²) in [5.74, 6) is 0.520. The highest BCUT2D eigenvalue weighted by Gasteiger charge is 2.23. The number of aromatic nitrogens is 2. The molecule has 1 unspecified atom stereocenters. The normalized spacial score (nSPS) is 19.6. The average Bonchev–Trinajstić information content (AvgIpc) is 2.89. The van der Waals surface area contributed by atoms with E-state index in [0.29, 0.717) is 5.82 Å². The van der Waals surface area contributed by atoms with E-state index in [1.54, 1.807) is 12.1 Å². The number of rotatable bonds is 2. The Bertz CT molecular complexity index is 561. The number of hydrogen-bond donors (Lipinski definition) is 1. The van der Waals surface area contributed by atoms with Gasteiger partial charge < -0.3 is 9.84 Å². The zero-order valence-corrected chi connectivity index (χ0v) is 11.0. The van der Waals surface area contributed by atoms with Crippen molar-refractivity contribution in [3.63, 3.8) is 0 Å². The van der Waals surface area contributed by atoms with Gasteiger partial charge in [0, 0.05) is 12.5 Å². The van der Waals surface area contributed by atoms with Crippen molar-refractivity contribution in [1.29, 1.82) is 0 Å². The Hall–Kier alpha value is -1.46. The third kappa shape index (κ3) is 2.48. The lowest BCUT2D eigenvalue weighted by Crippen LogP contribution is -2.28. The van der Waals surface area contributed by atoms with Crippen LogP contribution in [0.4, 0.5) is 4.39 Å². The van der Waals surface area contributed by atoms with Crippen LogP contribution in [-0.2, 0) is 0 Å². The maximum atomic E-state index is 13.8. The fraction of sp³-hybridized carbons (Fsp3) is 0.385. The summed E-state index contributed by atoms with van der Waals surface area (Å²) >= 11 is 5.98. The van der Waals surface area contributed by atoms with Crippen molar-refractivity contribution in [1.82, 2.24) is 15.5 Å². The lowest BCUT2D eigenvalue weighted by molar-refractivity contribution is 0.392. The molecule has 0 aliphatic carbocycles. The first kappa shape index (κ1) is 12.6. The first-order chi connectivity index (χ1) is 9.25. The summed E-state index contributed by atoms with van der Waals surface area (Å²) in [6.45, 7) is 1.84. The maximum Gasteiger partial charge on any atom is 0.262 e. The van der Waals surface area contributed by atoms with Crippen LogP contribution in [0.1, 0.15) is 24.6 Å². The van der Waals surface area contributed by atoms with Crippen LogP contribution in [0, 0.1) is 5.82 Å². The van der Waals surface area contributed by atoms with Gasteiger partial charge in [-0.2, -0.15) is 4.98 Å². The summed E-state index contributed by atoms with van der Waals surface area (Å²) in [5, 5.41) is 7.51. The lowest BCUT2D eigenvalue weighted by atomic mass is 9.99.